The SMILES string of the molecule is CC[Si]CN(C)C. The van der Waals surface area contributed by atoms with Crippen LogP contribution < -0.4 is 0 Å². The Morgan fingerprint density at radius 1 is 1.43 bits per heavy atom. The van der Waals surface area contributed by atoms with Crippen LogP contribution in [-0.4, -0.2) is 34.7 Å². The highest BCUT2D eigenvalue weighted by Crippen LogP contribution is 1.75. The van der Waals surface area contributed by atoms with Gasteiger partial charge in [0.05, 0.1) is 9.52 Å². The molecule has 0 aromatic carbocycles. The largest absolute Gasteiger partial charge is 0.313 e. The van der Waals surface area contributed by atoms with Crippen molar-refractivity contribution in [2.45, 2.75) is 13.0 Å². The van der Waals surface area contributed by atoms with Gasteiger partial charge in [-0.25, -0.2) is 0 Å². The molecule has 2 heteroatoms. The highest BCUT2D eigenvalue weighted by atomic mass is 28.2. The maximum absolute atomic E-state index is 2.22. The lowest BCUT2D eigenvalue weighted by Gasteiger charge is -2.05. The molecule has 0 aliphatic carbocycles. The molecular weight excluding hydrogens is 102 g/mol. The third-order valence-electron chi connectivity index (χ3n) is 0.678. The molecule has 0 heterocycles. The Hall–Kier alpha value is 0.177. The molecule has 1 nitrogen and oxygen atoms in total. The molecule has 0 aliphatic heterocycles. The first-order valence-electron chi connectivity index (χ1n) is 2.62. The molecule has 2 radical (unpaired) electrons. The van der Waals surface area contributed by atoms with Crippen LogP contribution in [0, 0.1) is 0 Å². The summed E-state index contributed by atoms with van der Waals surface area (Å²) in [5, 5.41) is 0. The van der Waals surface area contributed by atoms with Crippen LogP contribution in [0.2, 0.25) is 6.04 Å². The maximum Gasteiger partial charge on any atom is 0.0563 e. The Kier molecular flexibility index (Phi) is 4.45. The summed E-state index contributed by atoms with van der Waals surface area (Å²) in [4.78, 5) is 2.22. The summed E-state index contributed by atoms with van der Waals surface area (Å²) in [5.41, 5.74) is 0. The lowest BCUT2D eigenvalue weighted by atomic mass is 11.0. The Balaban J connectivity index is 2.68. The molecule has 7 heavy (non-hydrogen) atoms. The van der Waals surface area contributed by atoms with Gasteiger partial charge in [0.1, 0.15) is 0 Å². The van der Waals surface area contributed by atoms with Crippen molar-refractivity contribution < 1.29 is 0 Å². The van der Waals surface area contributed by atoms with E-state index in [2.05, 4.69) is 25.9 Å². The zero-order valence-electron chi connectivity index (χ0n) is 5.36. The smallest absolute Gasteiger partial charge is 0.0563 e. The standard InChI is InChI=1S/C5H13NSi/c1-4-7-5-6(2)3/h4-5H2,1-3H3. The average molecular weight is 115 g/mol. The monoisotopic (exact) mass is 115 g/mol. The Morgan fingerprint density at radius 3 is 2.14 bits per heavy atom. The fourth-order valence-electron chi connectivity index (χ4n) is 0.335. The van der Waals surface area contributed by atoms with E-state index in [9.17, 15) is 0 Å². The van der Waals surface area contributed by atoms with E-state index in [-0.39, 0.29) is 0 Å². The minimum atomic E-state index is 1.12. The molecule has 0 spiro atoms. The molecule has 0 saturated carbocycles. The lowest BCUT2D eigenvalue weighted by molar-refractivity contribution is 0.477. The van der Waals surface area contributed by atoms with Crippen LogP contribution in [0.5, 0.6) is 0 Å². The van der Waals surface area contributed by atoms with Gasteiger partial charge in [0.25, 0.3) is 0 Å². The second-order valence-electron chi connectivity index (χ2n) is 1.84. The van der Waals surface area contributed by atoms with Gasteiger partial charge in [-0.1, -0.05) is 13.0 Å². The zero-order chi connectivity index (χ0) is 5.70. The fraction of sp³-hybridized carbons (Fsp3) is 1.00. The minimum Gasteiger partial charge on any atom is -0.313 e. The van der Waals surface area contributed by atoms with Crippen molar-refractivity contribution in [2.75, 3.05) is 20.3 Å². The van der Waals surface area contributed by atoms with Gasteiger partial charge in [-0.2, -0.15) is 0 Å². The van der Waals surface area contributed by atoms with E-state index in [0.29, 0.717) is 0 Å². The van der Waals surface area contributed by atoms with Crippen LogP contribution in [0.15, 0.2) is 0 Å². The molecule has 0 aromatic rings. The molecule has 0 amide bonds. The van der Waals surface area contributed by atoms with Crippen LogP contribution in [-0.2, 0) is 0 Å². The summed E-state index contributed by atoms with van der Waals surface area (Å²) in [7, 11) is 5.35. The van der Waals surface area contributed by atoms with Gasteiger partial charge in [-0.15, -0.1) is 0 Å². The molecular formula is C5H13NSi. The van der Waals surface area contributed by atoms with Gasteiger partial charge in [-0.05, 0) is 20.3 Å². The molecule has 0 aromatic heterocycles. The molecule has 0 unspecified atom stereocenters. The van der Waals surface area contributed by atoms with Crippen molar-refractivity contribution in [3.05, 3.63) is 0 Å². The van der Waals surface area contributed by atoms with Crippen molar-refractivity contribution in [2.24, 2.45) is 0 Å². The number of hydrogen-bond acceptors (Lipinski definition) is 1. The predicted octanol–water partition coefficient (Wildman–Crippen LogP) is 0.648. The van der Waals surface area contributed by atoms with E-state index in [1.54, 1.807) is 0 Å². The van der Waals surface area contributed by atoms with Crippen molar-refractivity contribution in [3.8, 4) is 0 Å². The van der Waals surface area contributed by atoms with E-state index in [0.717, 1.165) is 9.52 Å². The third kappa shape index (κ3) is 6.18. The van der Waals surface area contributed by atoms with Crippen molar-refractivity contribution in [1.29, 1.82) is 0 Å². The fourth-order valence-corrected chi connectivity index (χ4v) is 1.01. The van der Waals surface area contributed by atoms with E-state index >= 15 is 0 Å². The Labute approximate surface area is 48.5 Å². The van der Waals surface area contributed by atoms with Crippen LogP contribution in [0.1, 0.15) is 6.92 Å². The van der Waals surface area contributed by atoms with Crippen LogP contribution in [0.3, 0.4) is 0 Å². The average Bonchev–Trinajstić information content (AvgIpc) is 1.61. The van der Waals surface area contributed by atoms with Crippen molar-refractivity contribution >= 4 is 9.52 Å². The molecule has 0 fully saturated rings. The van der Waals surface area contributed by atoms with Crippen LogP contribution >= 0.6 is 0 Å². The number of rotatable bonds is 3. The quantitative estimate of drug-likeness (QED) is 0.488. The second-order valence-corrected chi connectivity index (χ2v) is 3.36. The summed E-state index contributed by atoms with van der Waals surface area (Å²) in [5.74, 6) is 0. The number of hydrogen-bond donors (Lipinski definition) is 0. The molecule has 0 bridgehead atoms. The number of nitrogens with zero attached hydrogens (tertiary/aromatic N) is 1. The first kappa shape index (κ1) is 7.18. The summed E-state index contributed by atoms with van der Waals surface area (Å²) in [6.07, 6.45) is 1.26. The highest BCUT2D eigenvalue weighted by molar-refractivity contribution is 6.35. The normalized spacial score (nSPS) is 10.3. The summed E-state index contributed by atoms with van der Waals surface area (Å²) in [6.45, 7) is 2.22. The molecule has 42 valence electrons. The van der Waals surface area contributed by atoms with Crippen molar-refractivity contribution in [3.63, 3.8) is 0 Å². The lowest BCUT2D eigenvalue weighted by Crippen LogP contribution is -2.17. The summed E-state index contributed by atoms with van der Waals surface area (Å²) >= 11 is 0. The summed E-state index contributed by atoms with van der Waals surface area (Å²) in [6, 6.07) is 1.33. The molecule has 0 N–H and O–H groups in total. The Morgan fingerprint density at radius 2 is 2.00 bits per heavy atom. The first-order chi connectivity index (χ1) is 3.27. The Bertz CT molecular complexity index is 37.1. The molecule has 0 aliphatic rings. The van der Waals surface area contributed by atoms with Gasteiger partial charge in [0.2, 0.25) is 0 Å². The van der Waals surface area contributed by atoms with Gasteiger partial charge in [0, 0.05) is 0 Å². The minimum absolute atomic E-state index is 1.12. The van der Waals surface area contributed by atoms with E-state index in [1.165, 1.54) is 12.2 Å². The third-order valence-corrected chi connectivity index (χ3v) is 2.03. The van der Waals surface area contributed by atoms with E-state index < -0.39 is 0 Å². The summed E-state index contributed by atoms with van der Waals surface area (Å²) < 4.78 is 0. The highest BCUT2D eigenvalue weighted by Gasteiger charge is 1.85. The predicted molar refractivity (Wildman–Crippen MR) is 34.8 cm³/mol. The zero-order valence-corrected chi connectivity index (χ0v) is 6.36. The molecule has 0 saturated heterocycles. The molecule has 0 rings (SSSR count). The van der Waals surface area contributed by atoms with Gasteiger partial charge in [0.15, 0.2) is 0 Å². The van der Waals surface area contributed by atoms with Gasteiger partial charge in [-0.3, -0.25) is 0 Å². The van der Waals surface area contributed by atoms with Crippen LogP contribution in [0.4, 0.5) is 0 Å². The maximum atomic E-state index is 2.22. The topological polar surface area (TPSA) is 3.24 Å². The van der Waals surface area contributed by atoms with E-state index in [1.807, 2.05) is 0 Å². The second kappa shape index (κ2) is 4.34. The van der Waals surface area contributed by atoms with Crippen LogP contribution in [0.25, 0.3) is 0 Å². The van der Waals surface area contributed by atoms with Gasteiger partial charge >= 0.3 is 0 Å². The van der Waals surface area contributed by atoms with E-state index in [4.69, 9.17) is 0 Å². The molecule has 0 atom stereocenters. The van der Waals surface area contributed by atoms with Crippen molar-refractivity contribution in [1.82, 2.24) is 4.90 Å². The first-order valence-corrected chi connectivity index (χ1v) is 4.04. The van der Waals surface area contributed by atoms with Gasteiger partial charge < -0.3 is 4.90 Å².